The Morgan fingerprint density at radius 1 is 1.10 bits per heavy atom. The van der Waals surface area contributed by atoms with Gasteiger partial charge in [-0.05, 0) is 48.0 Å². The molecule has 0 bridgehead atoms. The Kier molecular flexibility index (Phi) is 6.73. The van der Waals surface area contributed by atoms with Crippen LogP contribution >= 0.6 is 11.3 Å². The molecule has 0 fully saturated rings. The van der Waals surface area contributed by atoms with E-state index in [0.29, 0.717) is 10.7 Å². The zero-order valence-corrected chi connectivity index (χ0v) is 16.6. The summed E-state index contributed by atoms with van der Waals surface area (Å²) in [4.78, 5) is 16.5. The van der Waals surface area contributed by atoms with Crippen LogP contribution in [0.2, 0.25) is 0 Å². The Labute approximate surface area is 174 Å². The molecule has 0 aliphatic rings. The Morgan fingerprint density at radius 2 is 1.77 bits per heavy atom. The normalized spacial score (nSPS) is 11.5. The van der Waals surface area contributed by atoms with E-state index >= 15 is 0 Å². The van der Waals surface area contributed by atoms with Gasteiger partial charge in [-0.3, -0.25) is 10.1 Å². The van der Waals surface area contributed by atoms with Crippen molar-refractivity contribution in [1.82, 2.24) is 4.98 Å². The molecule has 0 spiro atoms. The second-order valence-corrected chi connectivity index (χ2v) is 6.92. The van der Waals surface area contributed by atoms with Crippen LogP contribution in [0.5, 0.6) is 11.5 Å². The van der Waals surface area contributed by atoms with Gasteiger partial charge in [-0.1, -0.05) is 12.1 Å². The van der Waals surface area contributed by atoms with Gasteiger partial charge in [0.2, 0.25) is 5.91 Å². The number of benzene rings is 2. The van der Waals surface area contributed by atoms with Gasteiger partial charge in [-0.25, -0.2) is 4.98 Å². The molecule has 3 aromatic rings. The van der Waals surface area contributed by atoms with Crippen molar-refractivity contribution in [3.63, 3.8) is 0 Å². The first-order chi connectivity index (χ1) is 14.3. The number of hydrogen-bond acceptors (Lipinski definition) is 5. The lowest BCUT2D eigenvalue weighted by atomic mass is 10.2. The number of methoxy groups -OCH3 is 1. The molecule has 0 atom stereocenters. The summed E-state index contributed by atoms with van der Waals surface area (Å²) in [5, 5.41) is 4.96. The fourth-order valence-corrected chi connectivity index (χ4v) is 3.11. The topological polar surface area (TPSA) is 60.5 Å². The summed E-state index contributed by atoms with van der Waals surface area (Å²) in [5.41, 5.74) is 2.27. The van der Waals surface area contributed by atoms with Crippen molar-refractivity contribution < 1.29 is 27.4 Å². The molecule has 0 saturated heterocycles. The van der Waals surface area contributed by atoms with E-state index in [2.05, 4.69) is 15.0 Å². The lowest BCUT2D eigenvalue weighted by molar-refractivity contribution is -0.153. The molecule has 0 aliphatic carbocycles. The molecule has 9 heteroatoms. The second kappa shape index (κ2) is 9.45. The number of hydrogen-bond donors (Lipinski definition) is 1. The first-order valence-corrected chi connectivity index (χ1v) is 9.59. The Balaban J connectivity index is 1.55. The van der Waals surface area contributed by atoms with Crippen LogP contribution in [-0.2, 0) is 4.79 Å². The molecule has 0 aliphatic heterocycles. The highest BCUT2D eigenvalue weighted by atomic mass is 32.1. The van der Waals surface area contributed by atoms with Gasteiger partial charge >= 0.3 is 6.18 Å². The smallest absolute Gasteiger partial charge is 0.422 e. The number of carbonyl (C=O) groups excluding carboxylic acids is 1. The lowest BCUT2D eigenvalue weighted by Crippen LogP contribution is -2.19. The van der Waals surface area contributed by atoms with Crippen molar-refractivity contribution in [1.29, 1.82) is 0 Å². The molecule has 5 nitrogen and oxygen atoms in total. The average Bonchev–Trinajstić information content (AvgIpc) is 3.19. The standard InChI is InChI=1S/C21H17F3N2O3S/c1-28-16-9-5-15(6-10-16)18-12-30-20(25-18)26-19(27)11-4-14-2-7-17(8-3-14)29-13-21(22,23)24/h2-12H,13H2,1H3,(H,25,26,27)/b11-4+. The second-order valence-electron chi connectivity index (χ2n) is 6.06. The van der Waals surface area contributed by atoms with E-state index < -0.39 is 12.8 Å². The molecule has 3 rings (SSSR count). The van der Waals surface area contributed by atoms with Crippen molar-refractivity contribution in [3.05, 3.63) is 65.6 Å². The Bertz CT molecular complexity index is 1010. The summed E-state index contributed by atoms with van der Waals surface area (Å²) in [6.07, 6.45) is -1.53. The number of amides is 1. The van der Waals surface area contributed by atoms with Gasteiger partial charge in [0.1, 0.15) is 11.5 Å². The highest BCUT2D eigenvalue weighted by Gasteiger charge is 2.28. The maximum atomic E-state index is 12.1. The van der Waals surface area contributed by atoms with Gasteiger partial charge in [0.05, 0.1) is 12.8 Å². The fourth-order valence-electron chi connectivity index (χ4n) is 2.38. The fraction of sp³-hybridized carbons (Fsp3) is 0.143. The molecule has 2 aromatic carbocycles. The quantitative estimate of drug-likeness (QED) is 0.505. The zero-order valence-electron chi connectivity index (χ0n) is 15.8. The van der Waals surface area contributed by atoms with E-state index in [4.69, 9.17) is 4.74 Å². The van der Waals surface area contributed by atoms with Gasteiger partial charge in [-0.2, -0.15) is 13.2 Å². The van der Waals surface area contributed by atoms with Gasteiger partial charge in [0.25, 0.3) is 0 Å². The number of ether oxygens (including phenoxy) is 2. The van der Waals surface area contributed by atoms with Crippen LogP contribution in [0, 0.1) is 0 Å². The van der Waals surface area contributed by atoms with Crippen LogP contribution in [-0.4, -0.2) is 30.8 Å². The van der Waals surface area contributed by atoms with Crippen LogP contribution in [0.4, 0.5) is 18.3 Å². The predicted molar refractivity (Wildman–Crippen MR) is 110 cm³/mol. The summed E-state index contributed by atoms with van der Waals surface area (Å²) in [7, 11) is 1.59. The highest BCUT2D eigenvalue weighted by molar-refractivity contribution is 7.14. The number of rotatable bonds is 7. The number of carbonyl (C=O) groups is 1. The highest BCUT2D eigenvalue weighted by Crippen LogP contribution is 2.26. The minimum absolute atomic E-state index is 0.0998. The molecule has 1 amide bonds. The first-order valence-electron chi connectivity index (χ1n) is 8.71. The van der Waals surface area contributed by atoms with E-state index in [1.807, 2.05) is 29.6 Å². The minimum Gasteiger partial charge on any atom is -0.497 e. The number of halogens is 3. The average molecular weight is 434 g/mol. The monoisotopic (exact) mass is 434 g/mol. The number of aromatic nitrogens is 1. The van der Waals surface area contributed by atoms with Crippen LogP contribution in [0.15, 0.2) is 60.0 Å². The third kappa shape index (κ3) is 6.35. The number of nitrogens with one attached hydrogen (secondary N) is 1. The van der Waals surface area contributed by atoms with Crippen LogP contribution in [0.1, 0.15) is 5.56 Å². The number of anilines is 1. The van der Waals surface area contributed by atoms with Crippen molar-refractivity contribution >= 4 is 28.5 Å². The van der Waals surface area contributed by atoms with Gasteiger partial charge < -0.3 is 9.47 Å². The summed E-state index contributed by atoms with van der Waals surface area (Å²) < 4.78 is 46.2. The van der Waals surface area contributed by atoms with E-state index in [0.717, 1.165) is 17.0 Å². The molecule has 0 saturated carbocycles. The number of nitrogens with zero attached hydrogens (tertiary/aromatic N) is 1. The van der Waals surface area contributed by atoms with Crippen LogP contribution < -0.4 is 14.8 Å². The summed E-state index contributed by atoms with van der Waals surface area (Å²) in [5.74, 6) is 0.471. The third-order valence-corrected chi connectivity index (χ3v) is 4.59. The molecule has 0 unspecified atom stereocenters. The molecule has 1 aromatic heterocycles. The maximum absolute atomic E-state index is 12.1. The Hall–Kier alpha value is -3.33. The summed E-state index contributed by atoms with van der Waals surface area (Å²) in [6.45, 7) is -1.35. The van der Waals surface area contributed by atoms with E-state index in [-0.39, 0.29) is 11.7 Å². The molecule has 0 radical (unpaired) electrons. The van der Waals surface area contributed by atoms with Crippen molar-refractivity contribution in [3.8, 4) is 22.8 Å². The van der Waals surface area contributed by atoms with E-state index in [1.54, 1.807) is 25.3 Å². The predicted octanol–water partition coefficient (Wildman–Crippen LogP) is 5.41. The summed E-state index contributed by atoms with van der Waals surface area (Å²) in [6, 6.07) is 13.3. The van der Waals surface area contributed by atoms with Gasteiger partial charge in [-0.15, -0.1) is 11.3 Å². The molecule has 30 heavy (non-hydrogen) atoms. The molecule has 1 heterocycles. The first kappa shape index (κ1) is 21.4. The molecular weight excluding hydrogens is 417 g/mol. The lowest BCUT2D eigenvalue weighted by Gasteiger charge is -2.08. The number of alkyl halides is 3. The van der Waals surface area contributed by atoms with Gasteiger partial charge in [0.15, 0.2) is 11.7 Å². The SMILES string of the molecule is COc1ccc(-c2csc(NC(=O)/C=C/c3ccc(OCC(F)(F)F)cc3)n2)cc1. The van der Waals surface area contributed by atoms with Crippen molar-refractivity contribution in [2.45, 2.75) is 6.18 Å². The van der Waals surface area contributed by atoms with Crippen LogP contribution in [0.25, 0.3) is 17.3 Å². The van der Waals surface area contributed by atoms with E-state index in [1.165, 1.54) is 29.5 Å². The van der Waals surface area contributed by atoms with Crippen LogP contribution in [0.3, 0.4) is 0 Å². The molecular formula is C21H17F3N2O3S. The minimum atomic E-state index is -4.39. The zero-order chi connectivity index (χ0) is 21.6. The third-order valence-electron chi connectivity index (χ3n) is 3.83. The number of thiazole rings is 1. The molecule has 1 N–H and O–H groups in total. The summed E-state index contributed by atoms with van der Waals surface area (Å²) >= 11 is 1.30. The van der Waals surface area contributed by atoms with Gasteiger partial charge in [0, 0.05) is 17.0 Å². The Morgan fingerprint density at radius 3 is 2.40 bits per heavy atom. The largest absolute Gasteiger partial charge is 0.497 e. The maximum Gasteiger partial charge on any atom is 0.422 e. The van der Waals surface area contributed by atoms with Crippen molar-refractivity contribution in [2.75, 3.05) is 19.0 Å². The molecule has 156 valence electrons. The van der Waals surface area contributed by atoms with E-state index in [9.17, 15) is 18.0 Å². The van der Waals surface area contributed by atoms with Crippen molar-refractivity contribution in [2.24, 2.45) is 0 Å².